The maximum absolute atomic E-state index is 12.2. The highest BCUT2D eigenvalue weighted by Crippen LogP contribution is 2.16. The number of unbranched alkanes of at least 4 members (excludes halogenated alkanes) is 1. The van der Waals surface area contributed by atoms with E-state index in [-0.39, 0.29) is 18.4 Å². The third-order valence-corrected chi connectivity index (χ3v) is 5.06. The van der Waals surface area contributed by atoms with E-state index in [0.717, 1.165) is 30.7 Å². The van der Waals surface area contributed by atoms with Gasteiger partial charge in [-0.15, -0.1) is 0 Å². The van der Waals surface area contributed by atoms with E-state index in [1.54, 1.807) is 24.3 Å². The molecule has 2 amide bonds. The number of ether oxygens (including phenoxy) is 1. The normalized spacial score (nSPS) is 10.3. The minimum Gasteiger partial charge on any atom is -0.493 e. The monoisotopic (exact) mass is 445 g/mol. The van der Waals surface area contributed by atoms with E-state index in [0.29, 0.717) is 24.4 Å². The standard InChI is InChI=1S/C27H31N3O3/c1-2-3-18-28-27(32)22-9-11-24(12-10-22)30-26(31)20-29-23-13-15-25(16-14-23)33-19-17-21-7-5-4-6-8-21/h4-16,29H,2-3,17-20H2,1H3,(H,28,32)(H,30,31). The summed E-state index contributed by atoms with van der Waals surface area (Å²) in [5, 5.41) is 8.80. The number of hydrogen-bond donors (Lipinski definition) is 3. The zero-order chi connectivity index (χ0) is 23.3. The Labute approximate surface area is 195 Å². The summed E-state index contributed by atoms with van der Waals surface area (Å²) in [6.07, 6.45) is 2.84. The summed E-state index contributed by atoms with van der Waals surface area (Å²) in [5.41, 5.74) is 3.30. The highest BCUT2D eigenvalue weighted by Gasteiger charge is 2.06. The van der Waals surface area contributed by atoms with Crippen LogP contribution in [0.4, 0.5) is 11.4 Å². The van der Waals surface area contributed by atoms with Crippen LogP contribution in [0.15, 0.2) is 78.9 Å². The predicted molar refractivity (Wildman–Crippen MR) is 133 cm³/mol. The van der Waals surface area contributed by atoms with Gasteiger partial charge in [-0.2, -0.15) is 0 Å². The van der Waals surface area contributed by atoms with Gasteiger partial charge in [0, 0.05) is 29.9 Å². The molecule has 0 aliphatic heterocycles. The Morgan fingerprint density at radius 3 is 2.24 bits per heavy atom. The Balaban J connectivity index is 1.38. The highest BCUT2D eigenvalue weighted by molar-refractivity contribution is 5.96. The van der Waals surface area contributed by atoms with E-state index < -0.39 is 0 Å². The second-order valence-electron chi connectivity index (χ2n) is 7.70. The van der Waals surface area contributed by atoms with E-state index in [4.69, 9.17) is 4.74 Å². The lowest BCUT2D eigenvalue weighted by Gasteiger charge is -2.10. The molecule has 3 aromatic rings. The lowest BCUT2D eigenvalue weighted by molar-refractivity contribution is -0.114. The molecule has 0 saturated heterocycles. The number of anilines is 2. The molecule has 0 radical (unpaired) electrons. The Kier molecular flexibility index (Phi) is 9.33. The second-order valence-corrected chi connectivity index (χ2v) is 7.70. The van der Waals surface area contributed by atoms with Crippen molar-refractivity contribution in [1.82, 2.24) is 5.32 Å². The van der Waals surface area contributed by atoms with Crippen molar-refractivity contribution < 1.29 is 14.3 Å². The van der Waals surface area contributed by atoms with E-state index in [9.17, 15) is 9.59 Å². The average Bonchev–Trinajstić information content (AvgIpc) is 2.85. The van der Waals surface area contributed by atoms with Crippen molar-refractivity contribution in [3.8, 4) is 5.75 Å². The summed E-state index contributed by atoms with van der Waals surface area (Å²) in [6.45, 7) is 3.49. The van der Waals surface area contributed by atoms with Gasteiger partial charge in [0.05, 0.1) is 13.2 Å². The quantitative estimate of drug-likeness (QED) is 0.347. The van der Waals surface area contributed by atoms with Crippen LogP contribution in [0.5, 0.6) is 5.75 Å². The lowest BCUT2D eigenvalue weighted by Crippen LogP contribution is -2.24. The summed E-state index contributed by atoms with van der Waals surface area (Å²) < 4.78 is 5.79. The molecule has 0 aliphatic carbocycles. The van der Waals surface area contributed by atoms with Gasteiger partial charge in [-0.05, 0) is 60.5 Å². The molecule has 172 valence electrons. The first kappa shape index (κ1) is 23.9. The van der Waals surface area contributed by atoms with Crippen molar-refractivity contribution in [3.05, 3.63) is 90.0 Å². The van der Waals surface area contributed by atoms with Crippen molar-refractivity contribution >= 4 is 23.2 Å². The molecule has 0 unspecified atom stereocenters. The van der Waals surface area contributed by atoms with Crippen LogP contribution in [-0.2, 0) is 11.2 Å². The molecule has 0 heterocycles. The number of carbonyl (C=O) groups excluding carboxylic acids is 2. The Morgan fingerprint density at radius 1 is 0.848 bits per heavy atom. The van der Waals surface area contributed by atoms with E-state index >= 15 is 0 Å². The lowest BCUT2D eigenvalue weighted by atomic mass is 10.2. The molecule has 6 nitrogen and oxygen atoms in total. The van der Waals surface area contributed by atoms with Crippen LogP contribution in [0.1, 0.15) is 35.7 Å². The van der Waals surface area contributed by atoms with Gasteiger partial charge < -0.3 is 20.7 Å². The van der Waals surface area contributed by atoms with Gasteiger partial charge in [0.25, 0.3) is 5.91 Å². The third kappa shape index (κ3) is 8.33. The van der Waals surface area contributed by atoms with Crippen LogP contribution in [0.2, 0.25) is 0 Å². The second kappa shape index (κ2) is 12.9. The fraction of sp³-hybridized carbons (Fsp3) is 0.259. The number of amides is 2. The van der Waals surface area contributed by atoms with E-state index in [2.05, 4.69) is 35.0 Å². The van der Waals surface area contributed by atoms with Gasteiger partial charge in [-0.1, -0.05) is 43.7 Å². The Bertz CT molecular complexity index is 1000. The van der Waals surface area contributed by atoms with Crippen molar-refractivity contribution in [2.45, 2.75) is 26.2 Å². The summed E-state index contributed by atoms with van der Waals surface area (Å²) in [6, 6.07) is 24.6. The van der Waals surface area contributed by atoms with Gasteiger partial charge in [-0.25, -0.2) is 0 Å². The number of benzene rings is 3. The molecule has 0 saturated carbocycles. The fourth-order valence-corrected chi connectivity index (χ4v) is 3.17. The van der Waals surface area contributed by atoms with E-state index in [1.165, 1.54) is 5.56 Å². The van der Waals surface area contributed by atoms with Gasteiger partial charge in [0.1, 0.15) is 5.75 Å². The SMILES string of the molecule is CCCCNC(=O)c1ccc(NC(=O)CNc2ccc(OCCc3ccccc3)cc2)cc1. The van der Waals surface area contributed by atoms with Crippen LogP contribution in [-0.4, -0.2) is 31.5 Å². The molecule has 3 rings (SSSR count). The highest BCUT2D eigenvalue weighted by atomic mass is 16.5. The van der Waals surface area contributed by atoms with Crippen molar-refractivity contribution in [2.75, 3.05) is 30.3 Å². The van der Waals surface area contributed by atoms with Gasteiger partial charge >= 0.3 is 0 Å². The molecule has 0 spiro atoms. The van der Waals surface area contributed by atoms with Gasteiger partial charge in [-0.3, -0.25) is 9.59 Å². The molecule has 0 fully saturated rings. The first-order valence-electron chi connectivity index (χ1n) is 11.3. The zero-order valence-electron chi connectivity index (χ0n) is 19.0. The molecule has 0 bridgehead atoms. The average molecular weight is 446 g/mol. The third-order valence-electron chi connectivity index (χ3n) is 5.06. The molecule has 3 aromatic carbocycles. The van der Waals surface area contributed by atoms with E-state index in [1.807, 2.05) is 42.5 Å². The summed E-state index contributed by atoms with van der Waals surface area (Å²) in [7, 11) is 0. The first-order chi connectivity index (χ1) is 16.1. The number of hydrogen-bond acceptors (Lipinski definition) is 4. The smallest absolute Gasteiger partial charge is 0.251 e. The Morgan fingerprint density at radius 2 is 1.55 bits per heavy atom. The summed E-state index contributed by atoms with van der Waals surface area (Å²) in [4.78, 5) is 24.3. The minimum atomic E-state index is -0.168. The molecule has 3 N–H and O–H groups in total. The number of nitrogens with one attached hydrogen (secondary N) is 3. The first-order valence-corrected chi connectivity index (χ1v) is 11.3. The number of carbonyl (C=O) groups is 2. The largest absolute Gasteiger partial charge is 0.493 e. The molecule has 33 heavy (non-hydrogen) atoms. The predicted octanol–water partition coefficient (Wildman–Crippen LogP) is 4.89. The van der Waals surface area contributed by atoms with Gasteiger partial charge in [0.15, 0.2) is 0 Å². The molecule has 0 aromatic heterocycles. The maximum atomic E-state index is 12.2. The van der Waals surface area contributed by atoms with Crippen LogP contribution < -0.4 is 20.7 Å². The maximum Gasteiger partial charge on any atom is 0.251 e. The molecule has 0 atom stereocenters. The molecular weight excluding hydrogens is 414 g/mol. The number of rotatable bonds is 12. The van der Waals surface area contributed by atoms with Crippen molar-refractivity contribution in [2.24, 2.45) is 0 Å². The van der Waals surface area contributed by atoms with Crippen molar-refractivity contribution in [1.29, 1.82) is 0 Å². The molecule has 0 aliphatic rings. The summed E-state index contributed by atoms with van der Waals surface area (Å²) >= 11 is 0. The summed E-state index contributed by atoms with van der Waals surface area (Å²) in [5.74, 6) is 0.522. The molecular formula is C27H31N3O3. The Hall–Kier alpha value is -3.80. The fourth-order valence-electron chi connectivity index (χ4n) is 3.17. The zero-order valence-corrected chi connectivity index (χ0v) is 19.0. The van der Waals surface area contributed by atoms with Crippen LogP contribution in [0.3, 0.4) is 0 Å². The minimum absolute atomic E-state index is 0.101. The molecule has 6 heteroatoms. The van der Waals surface area contributed by atoms with Crippen LogP contribution in [0.25, 0.3) is 0 Å². The van der Waals surface area contributed by atoms with Crippen LogP contribution >= 0.6 is 0 Å². The topological polar surface area (TPSA) is 79.5 Å². The van der Waals surface area contributed by atoms with Crippen LogP contribution in [0, 0.1) is 0 Å². The van der Waals surface area contributed by atoms with Crippen molar-refractivity contribution in [3.63, 3.8) is 0 Å². The van der Waals surface area contributed by atoms with Gasteiger partial charge in [0.2, 0.25) is 5.91 Å².